The van der Waals surface area contributed by atoms with Crippen LogP contribution in [0.4, 0.5) is 0 Å². The van der Waals surface area contributed by atoms with Crippen molar-refractivity contribution in [1.82, 2.24) is 4.98 Å². The first-order valence-corrected chi connectivity index (χ1v) is 3.90. The summed E-state index contributed by atoms with van der Waals surface area (Å²) in [5.41, 5.74) is 0. The van der Waals surface area contributed by atoms with Crippen molar-refractivity contribution in [2.45, 2.75) is 0 Å². The molecular formula is C5H2AsCl2N. The van der Waals surface area contributed by atoms with Crippen LogP contribution in [0.3, 0.4) is 0 Å². The molecule has 0 N–H and O–H groups in total. The van der Waals surface area contributed by atoms with Crippen molar-refractivity contribution in [3.63, 3.8) is 0 Å². The third-order valence-electron chi connectivity index (χ3n) is 0.795. The molecule has 0 saturated carbocycles. The predicted octanol–water partition coefficient (Wildman–Crippen LogP) is 1.18. The summed E-state index contributed by atoms with van der Waals surface area (Å²) in [6.45, 7) is 0. The Labute approximate surface area is 71.9 Å². The molecule has 0 spiro atoms. The maximum absolute atomic E-state index is 5.60. The average Bonchev–Trinajstić information content (AvgIpc) is 1.80. The number of hydrogen-bond acceptors (Lipinski definition) is 1. The van der Waals surface area contributed by atoms with Crippen LogP contribution in [0.1, 0.15) is 0 Å². The van der Waals surface area contributed by atoms with E-state index in [9.17, 15) is 0 Å². The fourth-order valence-electron chi connectivity index (χ4n) is 0.405. The normalized spacial score (nSPS) is 9.67. The summed E-state index contributed by atoms with van der Waals surface area (Å²) < 4.78 is 0.883. The fraction of sp³-hybridized carbons (Fsp3) is 0. The molecule has 0 aromatic carbocycles. The van der Waals surface area contributed by atoms with Crippen LogP contribution in [0.2, 0.25) is 10.3 Å². The second-order valence-corrected chi connectivity index (χ2v) is 3.20. The van der Waals surface area contributed by atoms with Crippen LogP contribution in [0, 0.1) is 0 Å². The van der Waals surface area contributed by atoms with Crippen LogP contribution in [-0.4, -0.2) is 21.8 Å². The Morgan fingerprint density at radius 3 is 2.44 bits per heavy atom. The molecule has 1 heterocycles. The zero-order valence-corrected chi connectivity index (χ0v) is 7.69. The first-order chi connectivity index (χ1) is 4.20. The zero-order valence-electron chi connectivity index (χ0n) is 4.31. The van der Waals surface area contributed by atoms with Crippen LogP contribution < -0.4 is 4.35 Å². The van der Waals surface area contributed by atoms with Crippen LogP contribution in [0.15, 0.2) is 12.1 Å². The fourth-order valence-corrected chi connectivity index (χ4v) is 1.01. The van der Waals surface area contributed by atoms with Crippen molar-refractivity contribution in [2.75, 3.05) is 0 Å². The van der Waals surface area contributed by atoms with Gasteiger partial charge in [0.25, 0.3) is 0 Å². The van der Waals surface area contributed by atoms with Gasteiger partial charge < -0.3 is 0 Å². The molecule has 1 aromatic heterocycles. The van der Waals surface area contributed by atoms with Crippen molar-refractivity contribution in [2.24, 2.45) is 0 Å². The van der Waals surface area contributed by atoms with Gasteiger partial charge in [-0.3, -0.25) is 0 Å². The van der Waals surface area contributed by atoms with E-state index in [2.05, 4.69) is 21.8 Å². The maximum atomic E-state index is 5.60. The van der Waals surface area contributed by atoms with Gasteiger partial charge in [-0.15, -0.1) is 0 Å². The van der Waals surface area contributed by atoms with Gasteiger partial charge in [0.05, 0.1) is 0 Å². The van der Waals surface area contributed by atoms with Crippen LogP contribution in [0.5, 0.6) is 0 Å². The Bertz CT molecular complexity index is 226. The molecule has 0 saturated heterocycles. The molecule has 0 fully saturated rings. The molecule has 0 aliphatic rings. The third kappa shape index (κ3) is 1.86. The molecule has 0 aliphatic carbocycles. The Morgan fingerprint density at radius 1 is 1.33 bits per heavy atom. The molecule has 1 nitrogen and oxygen atoms in total. The molecular weight excluding hydrogens is 220 g/mol. The number of hydrogen-bond donors (Lipinski definition) is 0. The summed E-state index contributed by atoms with van der Waals surface area (Å²) in [5, 5.41) is 0.873. The van der Waals surface area contributed by atoms with E-state index in [-0.39, 0.29) is 0 Å². The van der Waals surface area contributed by atoms with Crippen molar-refractivity contribution in [3.8, 4) is 0 Å². The van der Waals surface area contributed by atoms with Gasteiger partial charge in [-0.05, 0) is 0 Å². The molecule has 0 atom stereocenters. The van der Waals surface area contributed by atoms with E-state index in [1.54, 1.807) is 12.1 Å². The SMILES string of the molecule is Clc1ccc([As])c(Cl)n1. The number of aromatic nitrogens is 1. The van der Waals surface area contributed by atoms with Crippen LogP contribution in [-0.2, 0) is 0 Å². The summed E-state index contributed by atoms with van der Waals surface area (Å²) in [4.78, 5) is 3.79. The minimum absolute atomic E-state index is 0.426. The average molecular weight is 222 g/mol. The van der Waals surface area contributed by atoms with E-state index >= 15 is 0 Å². The molecule has 46 valence electrons. The topological polar surface area (TPSA) is 12.9 Å². The van der Waals surface area contributed by atoms with Gasteiger partial charge in [0.15, 0.2) is 0 Å². The number of rotatable bonds is 0. The summed E-state index contributed by atoms with van der Waals surface area (Å²) in [6.07, 6.45) is 0. The molecule has 9 heavy (non-hydrogen) atoms. The van der Waals surface area contributed by atoms with Crippen molar-refractivity contribution < 1.29 is 0 Å². The Morgan fingerprint density at radius 2 is 2.00 bits per heavy atom. The van der Waals surface area contributed by atoms with Gasteiger partial charge in [-0.25, -0.2) is 0 Å². The van der Waals surface area contributed by atoms with E-state index in [4.69, 9.17) is 23.2 Å². The summed E-state index contributed by atoms with van der Waals surface area (Å²) in [5.74, 6) is 0. The molecule has 0 bridgehead atoms. The molecule has 0 amide bonds. The summed E-state index contributed by atoms with van der Waals surface area (Å²) >= 11 is 13.4. The van der Waals surface area contributed by atoms with E-state index in [0.29, 0.717) is 10.3 Å². The van der Waals surface area contributed by atoms with Gasteiger partial charge in [0.1, 0.15) is 0 Å². The number of pyridine rings is 1. The van der Waals surface area contributed by atoms with Gasteiger partial charge in [0, 0.05) is 0 Å². The first kappa shape index (κ1) is 7.40. The van der Waals surface area contributed by atoms with E-state index in [0.717, 1.165) is 4.35 Å². The van der Waals surface area contributed by atoms with Crippen molar-refractivity contribution in [1.29, 1.82) is 0 Å². The first-order valence-electron chi connectivity index (χ1n) is 2.21. The predicted molar refractivity (Wildman–Crippen MR) is 39.6 cm³/mol. The van der Waals surface area contributed by atoms with Crippen molar-refractivity contribution >= 4 is 44.4 Å². The molecule has 0 unspecified atom stereocenters. The molecule has 1 rings (SSSR count). The van der Waals surface area contributed by atoms with E-state index < -0.39 is 0 Å². The Hall–Kier alpha value is 0.288. The second kappa shape index (κ2) is 2.92. The van der Waals surface area contributed by atoms with Gasteiger partial charge in [-0.1, -0.05) is 0 Å². The molecule has 4 heteroatoms. The monoisotopic (exact) mass is 221 g/mol. The quantitative estimate of drug-likeness (QED) is 0.474. The van der Waals surface area contributed by atoms with Gasteiger partial charge in [0.2, 0.25) is 0 Å². The molecule has 0 aliphatic heterocycles. The van der Waals surface area contributed by atoms with Crippen LogP contribution in [0.25, 0.3) is 0 Å². The standard InChI is InChI=1S/C5H2AsCl2N/c6-3-1-2-4(7)9-5(3)8/h1-2H. The molecule has 1 aromatic rings. The van der Waals surface area contributed by atoms with Crippen LogP contribution >= 0.6 is 23.2 Å². The third-order valence-corrected chi connectivity index (χ3v) is 2.34. The Kier molecular flexibility index (Phi) is 2.40. The second-order valence-electron chi connectivity index (χ2n) is 1.44. The zero-order chi connectivity index (χ0) is 6.85. The minimum atomic E-state index is 0.426. The van der Waals surface area contributed by atoms with E-state index in [1.165, 1.54) is 0 Å². The summed E-state index contributed by atoms with van der Waals surface area (Å²) in [6, 6.07) is 3.50. The summed E-state index contributed by atoms with van der Waals surface area (Å²) in [7, 11) is 0. The van der Waals surface area contributed by atoms with Gasteiger partial charge in [-0.2, -0.15) is 0 Å². The number of nitrogens with zero attached hydrogens (tertiary/aromatic N) is 1. The van der Waals surface area contributed by atoms with Crippen molar-refractivity contribution in [3.05, 3.63) is 22.4 Å². The number of halogens is 2. The van der Waals surface area contributed by atoms with E-state index in [1.807, 2.05) is 0 Å². The molecule has 2 radical (unpaired) electrons. The van der Waals surface area contributed by atoms with Gasteiger partial charge >= 0.3 is 71.8 Å². The Balaban J connectivity index is 3.17.